The van der Waals surface area contributed by atoms with Crippen molar-refractivity contribution in [2.45, 2.75) is 25.9 Å². The molecule has 1 unspecified atom stereocenters. The number of furan rings is 1. The number of fused-ring (bicyclic) bond motifs is 1. The van der Waals surface area contributed by atoms with Crippen LogP contribution in [0.5, 0.6) is 11.5 Å². The third-order valence-corrected chi connectivity index (χ3v) is 5.82. The third kappa shape index (κ3) is 4.59. The average molecular weight is 421 g/mol. The van der Waals surface area contributed by atoms with Gasteiger partial charge in [0.25, 0.3) is 5.91 Å². The van der Waals surface area contributed by atoms with Crippen molar-refractivity contribution >= 4 is 5.91 Å². The van der Waals surface area contributed by atoms with Gasteiger partial charge in [-0.1, -0.05) is 29.8 Å². The van der Waals surface area contributed by atoms with Crippen LogP contribution in [0.2, 0.25) is 0 Å². The molecule has 6 nitrogen and oxygen atoms in total. The molecule has 1 amide bonds. The van der Waals surface area contributed by atoms with Crippen molar-refractivity contribution in [3.05, 3.63) is 82.8 Å². The van der Waals surface area contributed by atoms with Gasteiger partial charge >= 0.3 is 0 Å². The van der Waals surface area contributed by atoms with Crippen molar-refractivity contribution < 1.29 is 18.7 Å². The normalized spacial score (nSPS) is 15.9. The highest BCUT2D eigenvalue weighted by Gasteiger charge is 2.30. The number of hydrogen-bond acceptors (Lipinski definition) is 5. The molecule has 1 aromatic heterocycles. The molecule has 2 aromatic carbocycles. The zero-order chi connectivity index (χ0) is 21.8. The summed E-state index contributed by atoms with van der Waals surface area (Å²) >= 11 is 0. The number of carbonyl (C=O) groups excluding carboxylic acids is 1. The van der Waals surface area contributed by atoms with Crippen LogP contribution >= 0.6 is 0 Å². The summed E-state index contributed by atoms with van der Waals surface area (Å²) in [5.74, 6) is 1.52. The van der Waals surface area contributed by atoms with Crippen LogP contribution in [0.15, 0.2) is 59.2 Å². The largest absolute Gasteiger partial charge is 0.493 e. The first-order valence-corrected chi connectivity index (χ1v) is 10.4. The third-order valence-electron chi connectivity index (χ3n) is 5.82. The van der Waals surface area contributed by atoms with Crippen LogP contribution in [-0.2, 0) is 13.0 Å². The predicted molar refractivity (Wildman–Crippen MR) is 119 cm³/mol. The average Bonchev–Trinajstić information content (AvgIpc) is 3.33. The molecule has 162 valence electrons. The van der Waals surface area contributed by atoms with Gasteiger partial charge in [-0.25, -0.2) is 0 Å². The van der Waals surface area contributed by atoms with Crippen LogP contribution in [0.3, 0.4) is 0 Å². The van der Waals surface area contributed by atoms with Crippen molar-refractivity contribution in [3.8, 4) is 11.5 Å². The van der Waals surface area contributed by atoms with E-state index in [1.807, 2.05) is 6.07 Å². The van der Waals surface area contributed by atoms with Crippen molar-refractivity contribution in [2.24, 2.45) is 0 Å². The lowest BCUT2D eigenvalue weighted by Crippen LogP contribution is -2.41. The molecular formula is C25H28N2O4. The molecule has 1 aliphatic rings. The standard InChI is InChI=1S/C25H28N2O4/c1-17-6-8-18(9-7-17)16-27-11-10-19-13-23(29-2)24(30-3)14-20(19)21(27)15-26-25(28)22-5-4-12-31-22/h4-9,12-14,21H,10-11,15-16H2,1-3H3,(H,26,28). The monoisotopic (exact) mass is 420 g/mol. The van der Waals surface area contributed by atoms with Gasteiger partial charge in [0.05, 0.1) is 26.5 Å². The Balaban J connectivity index is 1.63. The van der Waals surface area contributed by atoms with Crippen LogP contribution in [0.25, 0.3) is 0 Å². The summed E-state index contributed by atoms with van der Waals surface area (Å²) in [6.45, 7) is 4.24. The van der Waals surface area contributed by atoms with E-state index in [2.05, 4.69) is 47.5 Å². The van der Waals surface area contributed by atoms with E-state index in [1.165, 1.54) is 23.0 Å². The number of carbonyl (C=O) groups is 1. The Bertz CT molecular complexity index is 1030. The maximum Gasteiger partial charge on any atom is 0.287 e. The quantitative estimate of drug-likeness (QED) is 0.623. The molecule has 0 aliphatic carbocycles. The first-order valence-electron chi connectivity index (χ1n) is 10.4. The number of amides is 1. The highest BCUT2D eigenvalue weighted by atomic mass is 16.5. The minimum Gasteiger partial charge on any atom is -0.493 e. The Labute approximate surface area is 182 Å². The van der Waals surface area contributed by atoms with Crippen molar-refractivity contribution in [1.82, 2.24) is 10.2 Å². The second kappa shape index (κ2) is 9.27. The van der Waals surface area contributed by atoms with Gasteiger partial charge in [-0.3, -0.25) is 9.69 Å². The van der Waals surface area contributed by atoms with Gasteiger partial charge in [-0.05, 0) is 54.3 Å². The smallest absolute Gasteiger partial charge is 0.287 e. The number of nitrogens with one attached hydrogen (secondary N) is 1. The lowest BCUT2D eigenvalue weighted by molar-refractivity contribution is 0.0898. The second-order valence-electron chi connectivity index (χ2n) is 7.82. The lowest BCUT2D eigenvalue weighted by Gasteiger charge is -2.38. The van der Waals surface area contributed by atoms with E-state index < -0.39 is 0 Å². The van der Waals surface area contributed by atoms with Gasteiger partial charge in [-0.2, -0.15) is 0 Å². The van der Waals surface area contributed by atoms with Crippen molar-refractivity contribution in [3.63, 3.8) is 0 Å². The van der Waals surface area contributed by atoms with Gasteiger partial charge in [-0.15, -0.1) is 0 Å². The maximum atomic E-state index is 12.5. The lowest BCUT2D eigenvalue weighted by atomic mass is 9.91. The van der Waals surface area contributed by atoms with E-state index in [1.54, 1.807) is 26.4 Å². The van der Waals surface area contributed by atoms with E-state index in [0.717, 1.165) is 30.8 Å². The molecule has 0 radical (unpaired) electrons. The second-order valence-corrected chi connectivity index (χ2v) is 7.82. The van der Waals surface area contributed by atoms with E-state index in [-0.39, 0.29) is 11.9 Å². The van der Waals surface area contributed by atoms with Gasteiger partial charge in [0.15, 0.2) is 17.3 Å². The predicted octanol–water partition coefficient (Wildman–Crippen LogP) is 4.13. The SMILES string of the molecule is COc1cc2c(cc1OC)C(CNC(=O)c1ccco1)N(Cc1ccc(C)cc1)CC2. The van der Waals surface area contributed by atoms with E-state index in [4.69, 9.17) is 13.9 Å². The number of ether oxygens (including phenoxy) is 2. The molecular weight excluding hydrogens is 392 g/mol. The summed E-state index contributed by atoms with van der Waals surface area (Å²) < 4.78 is 16.3. The van der Waals surface area contributed by atoms with E-state index in [0.29, 0.717) is 18.1 Å². The number of hydrogen-bond donors (Lipinski definition) is 1. The fraction of sp³-hybridized carbons (Fsp3) is 0.320. The molecule has 0 saturated carbocycles. The van der Waals surface area contributed by atoms with Crippen LogP contribution in [0.4, 0.5) is 0 Å². The minimum absolute atomic E-state index is 0.00349. The van der Waals surface area contributed by atoms with Crippen LogP contribution in [0, 0.1) is 6.92 Å². The fourth-order valence-corrected chi connectivity index (χ4v) is 4.12. The van der Waals surface area contributed by atoms with Gasteiger partial charge in [0.2, 0.25) is 0 Å². The van der Waals surface area contributed by atoms with Crippen LogP contribution in [-0.4, -0.2) is 38.1 Å². The summed E-state index contributed by atoms with van der Waals surface area (Å²) in [6.07, 6.45) is 2.41. The van der Waals surface area contributed by atoms with E-state index >= 15 is 0 Å². The molecule has 0 spiro atoms. The first-order chi connectivity index (χ1) is 15.1. The molecule has 4 rings (SSSR count). The zero-order valence-corrected chi connectivity index (χ0v) is 18.2. The van der Waals surface area contributed by atoms with Gasteiger partial charge in [0, 0.05) is 19.6 Å². The highest BCUT2D eigenvalue weighted by molar-refractivity contribution is 5.91. The molecule has 0 fully saturated rings. The molecule has 1 aliphatic heterocycles. The summed E-state index contributed by atoms with van der Waals surface area (Å²) in [4.78, 5) is 14.9. The highest BCUT2D eigenvalue weighted by Crippen LogP contribution is 2.38. The molecule has 0 bridgehead atoms. The molecule has 2 heterocycles. The molecule has 0 saturated heterocycles. The number of benzene rings is 2. The Kier molecular flexibility index (Phi) is 6.28. The first kappa shape index (κ1) is 21.0. The molecule has 31 heavy (non-hydrogen) atoms. The summed E-state index contributed by atoms with van der Waals surface area (Å²) in [7, 11) is 3.29. The zero-order valence-electron chi connectivity index (χ0n) is 18.2. The molecule has 1 N–H and O–H groups in total. The van der Waals surface area contributed by atoms with Gasteiger partial charge < -0.3 is 19.2 Å². The van der Waals surface area contributed by atoms with Crippen molar-refractivity contribution in [2.75, 3.05) is 27.3 Å². The summed E-state index contributed by atoms with van der Waals surface area (Å²) in [6, 6.07) is 16.1. The number of aryl methyl sites for hydroxylation is 1. The summed E-state index contributed by atoms with van der Waals surface area (Å²) in [5.41, 5.74) is 4.86. The fourth-order valence-electron chi connectivity index (χ4n) is 4.12. The Hall–Kier alpha value is -3.25. The van der Waals surface area contributed by atoms with Gasteiger partial charge in [0.1, 0.15) is 0 Å². The Morgan fingerprint density at radius 3 is 2.55 bits per heavy atom. The number of nitrogens with zero attached hydrogens (tertiary/aromatic N) is 1. The molecule has 1 atom stereocenters. The maximum absolute atomic E-state index is 12.5. The van der Waals surface area contributed by atoms with Crippen LogP contribution in [0.1, 0.15) is 38.9 Å². The molecule has 6 heteroatoms. The number of methoxy groups -OCH3 is 2. The Morgan fingerprint density at radius 2 is 1.87 bits per heavy atom. The Morgan fingerprint density at radius 1 is 1.13 bits per heavy atom. The van der Waals surface area contributed by atoms with E-state index in [9.17, 15) is 4.79 Å². The molecule has 3 aromatic rings. The minimum atomic E-state index is -0.215. The van der Waals surface area contributed by atoms with Crippen molar-refractivity contribution in [1.29, 1.82) is 0 Å². The number of rotatable bonds is 7. The van der Waals surface area contributed by atoms with Crippen LogP contribution < -0.4 is 14.8 Å². The summed E-state index contributed by atoms with van der Waals surface area (Å²) in [5, 5.41) is 3.04. The topological polar surface area (TPSA) is 63.9 Å².